The largest absolute Gasteiger partial charge is 0.213 e. The molecule has 3 aromatic heterocycles. The van der Waals surface area contributed by atoms with Crippen molar-refractivity contribution < 1.29 is 13.7 Å². The van der Waals surface area contributed by atoms with E-state index in [1.807, 2.05) is 0 Å². The molecule has 0 fully saturated rings. The summed E-state index contributed by atoms with van der Waals surface area (Å²) in [5.41, 5.74) is 33.1. The lowest BCUT2D eigenvalue weighted by Crippen LogP contribution is -2.44. The van der Waals surface area contributed by atoms with Crippen LogP contribution in [0, 0.1) is 41.5 Å². The van der Waals surface area contributed by atoms with E-state index in [4.69, 9.17) is 0 Å². The highest BCUT2D eigenvalue weighted by Crippen LogP contribution is 2.60. The summed E-state index contributed by atoms with van der Waals surface area (Å²) < 4.78 is 6.76. The highest BCUT2D eigenvalue weighted by atomic mass is 14.9. The predicted octanol–water partition coefficient (Wildman–Crippen LogP) is 21.6. The molecule has 15 rings (SSSR count). The summed E-state index contributed by atoms with van der Waals surface area (Å²) >= 11 is 0. The minimum absolute atomic E-state index is 0.000278. The molecule has 0 atom stereocenters. The van der Waals surface area contributed by atoms with Gasteiger partial charge in [0.25, 0.3) is 0 Å². The molecule has 0 N–H and O–H groups in total. The third kappa shape index (κ3) is 9.59. The van der Waals surface area contributed by atoms with Gasteiger partial charge in [-0.15, -0.1) is 0 Å². The molecule has 0 saturated heterocycles. The van der Waals surface area contributed by atoms with Crippen LogP contribution in [0.3, 0.4) is 0 Å². The fourth-order valence-corrected chi connectivity index (χ4v) is 16.8. The molecule has 0 saturated carbocycles. The average molecular weight is 1220 g/mol. The van der Waals surface area contributed by atoms with Crippen LogP contribution < -0.4 is 13.7 Å². The van der Waals surface area contributed by atoms with Gasteiger partial charge in [0.1, 0.15) is 21.1 Å². The Labute approximate surface area is 555 Å². The van der Waals surface area contributed by atoms with Crippen LogP contribution in [-0.4, -0.2) is 0 Å². The second-order valence-corrected chi connectivity index (χ2v) is 31.0. The lowest BCUT2D eigenvalue weighted by atomic mass is 9.54. The maximum atomic E-state index is 2.43. The molecule has 3 aliphatic rings. The fraction of sp³-hybridized carbons (Fsp3) is 0.300. The Bertz CT molecular complexity index is 5050. The molecule has 9 aromatic carbocycles. The van der Waals surface area contributed by atoms with E-state index in [1.165, 1.54) is 166 Å². The van der Waals surface area contributed by atoms with Gasteiger partial charge in [-0.2, -0.15) is 0 Å². The molecule has 0 unspecified atom stereocenters. The van der Waals surface area contributed by atoms with Crippen molar-refractivity contribution in [1.29, 1.82) is 0 Å². The van der Waals surface area contributed by atoms with Crippen molar-refractivity contribution in [3.63, 3.8) is 0 Å². The first-order chi connectivity index (χ1) is 43.9. The van der Waals surface area contributed by atoms with Crippen LogP contribution in [0.25, 0.3) is 99.5 Å². The van der Waals surface area contributed by atoms with Gasteiger partial charge in [-0.3, -0.25) is 0 Å². The molecule has 3 nitrogen and oxygen atoms in total. The predicted molar refractivity (Wildman–Crippen MR) is 395 cm³/mol. The van der Waals surface area contributed by atoms with E-state index in [9.17, 15) is 0 Å². The molecule has 3 heterocycles. The lowest BCUT2D eigenvalue weighted by Gasteiger charge is -2.49. The van der Waals surface area contributed by atoms with Gasteiger partial charge in [-0.05, 0) is 225 Å². The minimum atomic E-state index is -0.0319. The Morgan fingerprint density at radius 3 is 1.10 bits per heavy atom. The lowest BCUT2D eigenvalue weighted by molar-refractivity contribution is -0.660. The molecule has 93 heavy (non-hydrogen) atoms. The zero-order valence-corrected chi connectivity index (χ0v) is 59.4. The molecule has 0 bridgehead atoms. The summed E-state index contributed by atoms with van der Waals surface area (Å²) in [6.45, 7) is 42.5. The van der Waals surface area contributed by atoms with Gasteiger partial charge < -0.3 is 0 Å². The van der Waals surface area contributed by atoms with Crippen molar-refractivity contribution in [3.05, 3.63) is 267 Å². The third-order valence-electron chi connectivity index (χ3n) is 24.2. The first-order valence-electron chi connectivity index (χ1n) is 33.8. The Morgan fingerprint density at radius 2 is 0.613 bits per heavy atom. The van der Waals surface area contributed by atoms with Crippen LogP contribution in [0.1, 0.15) is 150 Å². The average Bonchev–Trinajstić information content (AvgIpc) is 0.713. The number of fused-ring (bicyclic) bond motifs is 14. The van der Waals surface area contributed by atoms with E-state index < -0.39 is 0 Å². The number of aromatic nitrogens is 3. The summed E-state index contributed by atoms with van der Waals surface area (Å²) in [6.07, 6.45) is 6.52. The van der Waals surface area contributed by atoms with E-state index in [0.717, 1.165) is 0 Å². The molecule has 0 spiro atoms. The van der Waals surface area contributed by atoms with Crippen LogP contribution in [0.15, 0.2) is 201 Å². The molecule has 3 aliphatic carbocycles. The van der Waals surface area contributed by atoms with Crippen LogP contribution in [0.2, 0.25) is 0 Å². The second-order valence-electron chi connectivity index (χ2n) is 31.0. The van der Waals surface area contributed by atoms with Crippen LogP contribution in [0.4, 0.5) is 0 Å². The number of rotatable bonds is 3. The molecule has 0 radical (unpaired) electrons. The van der Waals surface area contributed by atoms with Gasteiger partial charge in [0.05, 0.1) is 5.56 Å². The van der Waals surface area contributed by atoms with E-state index in [2.05, 4.69) is 360 Å². The van der Waals surface area contributed by atoms with Crippen molar-refractivity contribution >= 4 is 32.3 Å². The van der Waals surface area contributed by atoms with E-state index in [0.29, 0.717) is 0 Å². The zero-order chi connectivity index (χ0) is 66.4. The number of benzene rings is 9. The fourth-order valence-electron chi connectivity index (χ4n) is 16.8. The monoisotopic (exact) mass is 1220 g/mol. The van der Waals surface area contributed by atoms with Gasteiger partial charge in [0.2, 0.25) is 17.1 Å². The molecule has 12 aromatic rings. The first-order valence-corrected chi connectivity index (χ1v) is 33.8. The van der Waals surface area contributed by atoms with Crippen molar-refractivity contribution in [2.45, 2.75) is 157 Å². The summed E-state index contributed by atoms with van der Waals surface area (Å²) in [5.74, 6) is 0. The maximum absolute atomic E-state index is 2.43. The molecule has 0 amide bonds. The molecule has 3 heteroatoms. The van der Waals surface area contributed by atoms with E-state index in [-0.39, 0.29) is 32.5 Å². The minimum Gasteiger partial charge on any atom is -0.201 e. The number of aryl methyl sites for hydroxylation is 7. The van der Waals surface area contributed by atoms with Gasteiger partial charge in [0, 0.05) is 52.9 Å². The van der Waals surface area contributed by atoms with Crippen molar-refractivity contribution in [3.8, 4) is 67.2 Å². The normalized spacial score (nSPS) is 16.1. The molecular weight excluding hydrogens is 1120 g/mol. The first kappa shape index (κ1) is 63.0. The number of nitrogens with zero attached hydrogens (tertiary/aromatic N) is 3. The van der Waals surface area contributed by atoms with Crippen LogP contribution >= 0.6 is 0 Å². The van der Waals surface area contributed by atoms with Gasteiger partial charge in [-0.1, -0.05) is 204 Å². The Morgan fingerprint density at radius 1 is 0.258 bits per heavy atom. The van der Waals surface area contributed by atoms with Crippen molar-refractivity contribution in [2.75, 3.05) is 0 Å². The Kier molecular flexibility index (Phi) is 15.0. The van der Waals surface area contributed by atoms with E-state index >= 15 is 0 Å². The van der Waals surface area contributed by atoms with Gasteiger partial charge in [-0.25, -0.2) is 13.7 Å². The topological polar surface area (TPSA) is 11.6 Å². The SMILES string of the molecule is Cc1cc[n+](C)c(-c2c(C)ccc3c2C(C)(C)C(C)(C)c2ccc4ccccc4c2-3)c1.Cc1cc[n+](C)c(-c2ccc3c(c2C)C(C)(C)C(C)(C)c2cc4ccccc4cc2-3)c1.Cc1cc[n+](C)c(-c2ccc3c(c2C)C(C)(C)C(C)(C)c2ccc4ccccc4c2-3)c1. The summed E-state index contributed by atoms with van der Waals surface area (Å²) in [5, 5.41) is 7.98. The molecule has 0 aliphatic heterocycles. The second kappa shape index (κ2) is 22.2. The summed E-state index contributed by atoms with van der Waals surface area (Å²) in [4.78, 5) is 0. The summed E-state index contributed by atoms with van der Waals surface area (Å²) in [7, 11) is 6.45. The zero-order valence-electron chi connectivity index (χ0n) is 59.4. The van der Waals surface area contributed by atoms with Crippen molar-refractivity contribution in [2.24, 2.45) is 21.1 Å². The maximum Gasteiger partial charge on any atom is 0.213 e. The summed E-state index contributed by atoms with van der Waals surface area (Å²) in [6, 6.07) is 68.2. The van der Waals surface area contributed by atoms with Gasteiger partial charge >= 0.3 is 0 Å². The van der Waals surface area contributed by atoms with Gasteiger partial charge in [0.15, 0.2) is 18.6 Å². The highest BCUT2D eigenvalue weighted by molar-refractivity contribution is 6.04. The third-order valence-corrected chi connectivity index (χ3v) is 24.2. The molecular formula is C90H96N3+3. The van der Waals surface area contributed by atoms with Crippen molar-refractivity contribution in [1.82, 2.24) is 0 Å². The number of pyridine rings is 3. The highest BCUT2D eigenvalue weighted by Gasteiger charge is 2.51. The van der Waals surface area contributed by atoms with Crippen LogP contribution in [0.5, 0.6) is 0 Å². The standard InChI is InChI=1S/3C30H32N/c1-19-16-17-31(7)26(18-19)22-13-14-24-27-23-11-9-8-10-21(23)12-15-25(27)29(3,4)30(5,6)28(24)20(22)2;1-19-16-17-31(7)25(18-19)26-20(2)12-14-23-27-22-11-9-8-10-21(22)13-15-24(27)29(3,4)30(5,6)28(23)26;1-19-14-15-31(7)27(16-19)23-12-13-24-25-17-21-10-8-9-11-22(21)18-26(25)29(3,4)30(5,6)28(24)20(23)2/h3*8-18H,1-7H3/q3*+1. The molecule has 468 valence electrons. The van der Waals surface area contributed by atoms with E-state index in [1.54, 1.807) is 0 Å². The Balaban J connectivity index is 0.000000127. The smallest absolute Gasteiger partial charge is 0.201 e. The Hall–Kier alpha value is -8.79. The number of hydrogen-bond acceptors (Lipinski definition) is 0. The van der Waals surface area contributed by atoms with Crippen LogP contribution in [-0.2, 0) is 53.6 Å². The quantitative estimate of drug-likeness (QED) is 0.156. The number of hydrogen-bond donors (Lipinski definition) is 0.